The number of aromatic amines is 1. The van der Waals surface area contributed by atoms with E-state index in [1.54, 1.807) is 12.7 Å². The predicted octanol–water partition coefficient (Wildman–Crippen LogP) is 6.24. The molecule has 0 spiro atoms. The van der Waals surface area contributed by atoms with E-state index in [1.807, 2.05) is 16.7 Å². The van der Waals surface area contributed by atoms with Crippen LogP contribution in [0.5, 0.6) is 0 Å². The second-order valence-electron chi connectivity index (χ2n) is 9.47. The average Bonchev–Trinajstić information content (AvgIpc) is 3.51. The van der Waals surface area contributed by atoms with Gasteiger partial charge in [0.05, 0.1) is 0 Å². The molecule has 2 aromatic heterocycles. The Bertz CT molecular complexity index is 1170. The van der Waals surface area contributed by atoms with E-state index >= 15 is 0 Å². The molecule has 1 atom stereocenters. The minimum absolute atomic E-state index is 0.472. The number of benzene rings is 2. The lowest BCUT2D eigenvalue weighted by Crippen LogP contribution is -2.36. The lowest BCUT2D eigenvalue weighted by atomic mass is 9.90. The van der Waals surface area contributed by atoms with E-state index in [2.05, 4.69) is 63.5 Å². The maximum absolute atomic E-state index is 6.40. The number of hydrogen-bond donors (Lipinski definition) is 1. The Hall–Kier alpha value is -2.63. The van der Waals surface area contributed by atoms with E-state index in [0.29, 0.717) is 5.92 Å². The number of nitrogens with one attached hydrogen (secondary N) is 1. The maximum Gasteiger partial charge on any atom is 0.123 e. The van der Waals surface area contributed by atoms with Crippen LogP contribution < -0.4 is 0 Å². The van der Waals surface area contributed by atoms with Crippen LogP contribution in [-0.4, -0.2) is 44.3 Å². The number of rotatable bonds is 8. The van der Waals surface area contributed by atoms with E-state index < -0.39 is 0 Å². The number of aromatic nitrogens is 4. The van der Waals surface area contributed by atoms with Crippen molar-refractivity contribution in [3.63, 3.8) is 0 Å². The zero-order valence-corrected chi connectivity index (χ0v) is 20.0. The van der Waals surface area contributed by atoms with E-state index in [4.69, 9.17) is 11.6 Å². The molecule has 0 aliphatic carbocycles. The van der Waals surface area contributed by atoms with Gasteiger partial charge in [-0.3, -0.25) is 4.57 Å². The molecule has 1 aliphatic heterocycles. The summed E-state index contributed by atoms with van der Waals surface area (Å²) in [6, 6.07) is 14.8. The molecule has 0 radical (unpaired) electrons. The van der Waals surface area contributed by atoms with Crippen LogP contribution in [0.1, 0.15) is 49.7 Å². The Labute approximate surface area is 200 Å². The van der Waals surface area contributed by atoms with Crippen molar-refractivity contribution in [3.05, 3.63) is 77.5 Å². The molecule has 1 saturated heterocycles. The largest absolute Gasteiger partial charge is 0.361 e. The molecule has 1 aliphatic rings. The number of H-pyrrole nitrogens is 1. The van der Waals surface area contributed by atoms with Gasteiger partial charge in [0.1, 0.15) is 12.7 Å². The Morgan fingerprint density at radius 1 is 1.09 bits per heavy atom. The summed E-state index contributed by atoms with van der Waals surface area (Å²) in [5.74, 6) is 1.31. The lowest BCUT2D eigenvalue weighted by molar-refractivity contribution is 0.171. The molecule has 3 heterocycles. The molecular formula is C27H32ClN5. The molecular weight excluding hydrogens is 430 g/mol. The van der Waals surface area contributed by atoms with Crippen molar-refractivity contribution in [2.24, 2.45) is 5.92 Å². The molecule has 0 saturated carbocycles. The second-order valence-corrected chi connectivity index (χ2v) is 9.88. The zero-order valence-electron chi connectivity index (χ0n) is 19.3. The van der Waals surface area contributed by atoms with Crippen molar-refractivity contribution in [1.29, 1.82) is 0 Å². The first-order valence-electron chi connectivity index (χ1n) is 12.1. The van der Waals surface area contributed by atoms with Gasteiger partial charge >= 0.3 is 0 Å². The first-order chi connectivity index (χ1) is 16.2. The van der Waals surface area contributed by atoms with Crippen LogP contribution >= 0.6 is 11.6 Å². The Kier molecular flexibility index (Phi) is 6.79. The monoisotopic (exact) mass is 461 g/mol. The van der Waals surface area contributed by atoms with Gasteiger partial charge in [0.15, 0.2) is 0 Å². The summed E-state index contributed by atoms with van der Waals surface area (Å²) in [5, 5.41) is 10.1. The number of likely N-dealkylation sites (tertiary alicyclic amines) is 1. The highest BCUT2D eigenvalue weighted by Crippen LogP contribution is 2.29. The number of aryl methyl sites for hydroxylation is 1. The van der Waals surface area contributed by atoms with Crippen LogP contribution in [0.15, 0.2) is 61.3 Å². The van der Waals surface area contributed by atoms with E-state index in [1.165, 1.54) is 60.8 Å². The molecule has 4 aromatic rings. The van der Waals surface area contributed by atoms with Gasteiger partial charge in [0.25, 0.3) is 0 Å². The number of halogens is 1. The first-order valence-corrected chi connectivity index (χ1v) is 12.5. The summed E-state index contributed by atoms with van der Waals surface area (Å²) in [5.41, 5.74) is 4.98. The first kappa shape index (κ1) is 22.2. The Balaban J connectivity index is 1.10. The number of fused-ring (bicyclic) bond motifs is 1. The quantitative estimate of drug-likeness (QED) is 0.338. The van der Waals surface area contributed by atoms with Gasteiger partial charge in [0.2, 0.25) is 0 Å². The van der Waals surface area contributed by atoms with Gasteiger partial charge in [-0.1, -0.05) is 43.1 Å². The molecule has 1 N–H and O–H groups in total. The fourth-order valence-electron chi connectivity index (χ4n) is 5.27. The van der Waals surface area contributed by atoms with Crippen LogP contribution in [0.2, 0.25) is 5.02 Å². The van der Waals surface area contributed by atoms with Crippen molar-refractivity contribution < 1.29 is 0 Å². The third-order valence-corrected chi connectivity index (χ3v) is 7.55. The van der Waals surface area contributed by atoms with Crippen molar-refractivity contribution in [1.82, 2.24) is 24.6 Å². The third kappa shape index (κ3) is 5.15. The van der Waals surface area contributed by atoms with Crippen LogP contribution in [-0.2, 0) is 6.42 Å². The zero-order chi connectivity index (χ0) is 22.6. The molecule has 5 rings (SSSR count). The normalized spacial score (nSPS) is 16.4. The second kappa shape index (κ2) is 10.1. The van der Waals surface area contributed by atoms with Gasteiger partial charge in [-0.15, -0.1) is 10.2 Å². The number of nitrogens with zero attached hydrogens (tertiary/aromatic N) is 4. The van der Waals surface area contributed by atoms with Crippen molar-refractivity contribution in [2.75, 3.05) is 19.6 Å². The molecule has 0 bridgehead atoms. The highest BCUT2D eigenvalue weighted by Gasteiger charge is 2.21. The topological polar surface area (TPSA) is 49.7 Å². The van der Waals surface area contributed by atoms with E-state index in [-0.39, 0.29) is 0 Å². The highest BCUT2D eigenvalue weighted by atomic mass is 35.5. The van der Waals surface area contributed by atoms with Crippen LogP contribution in [0.3, 0.4) is 0 Å². The van der Waals surface area contributed by atoms with Gasteiger partial charge in [-0.25, -0.2) is 0 Å². The van der Waals surface area contributed by atoms with Crippen LogP contribution in [0, 0.1) is 5.92 Å². The molecule has 172 valence electrons. The third-order valence-electron chi connectivity index (χ3n) is 7.20. The SMILES string of the molecule is CC(CN1CCC(CCCc2c[nH]c3ccc(-n4cnnc4)cc23)CC1)c1ccccc1Cl. The summed E-state index contributed by atoms with van der Waals surface area (Å²) in [6.45, 7) is 5.80. The number of piperidine rings is 1. The molecule has 5 nitrogen and oxygen atoms in total. The van der Waals surface area contributed by atoms with Gasteiger partial charge in [0, 0.05) is 34.4 Å². The van der Waals surface area contributed by atoms with Crippen LogP contribution in [0.25, 0.3) is 16.6 Å². The fraction of sp³-hybridized carbons (Fsp3) is 0.407. The molecule has 1 unspecified atom stereocenters. The lowest BCUT2D eigenvalue weighted by Gasteiger charge is -2.34. The Morgan fingerprint density at radius 2 is 1.88 bits per heavy atom. The predicted molar refractivity (Wildman–Crippen MR) is 135 cm³/mol. The summed E-state index contributed by atoms with van der Waals surface area (Å²) in [4.78, 5) is 6.06. The molecule has 6 heteroatoms. The summed E-state index contributed by atoms with van der Waals surface area (Å²) in [7, 11) is 0. The van der Waals surface area contributed by atoms with Gasteiger partial charge in [-0.2, -0.15) is 0 Å². The van der Waals surface area contributed by atoms with Gasteiger partial charge in [-0.05, 0) is 86.0 Å². The van der Waals surface area contributed by atoms with E-state index in [9.17, 15) is 0 Å². The fourth-order valence-corrected chi connectivity index (χ4v) is 5.59. The standard InChI is InChI=1S/C27H32ClN5/c1-20(24-7-2-3-8-26(24)28)17-32-13-11-21(12-14-32)5-4-6-22-16-29-27-10-9-23(15-25(22)27)33-18-30-31-19-33/h2-3,7-10,15-16,18-21,29H,4-6,11-14,17H2,1H3. The van der Waals surface area contributed by atoms with Crippen molar-refractivity contribution >= 4 is 22.5 Å². The molecule has 1 fully saturated rings. The average molecular weight is 462 g/mol. The number of hydrogen-bond acceptors (Lipinski definition) is 3. The van der Waals surface area contributed by atoms with Crippen molar-refractivity contribution in [2.45, 2.75) is 44.9 Å². The highest BCUT2D eigenvalue weighted by molar-refractivity contribution is 6.31. The summed E-state index contributed by atoms with van der Waals surface area (Å²) in [6.07, 6.45) is 12.0. The molecule has 0 amide bonds. The van der Waals surface area contributed by atoms with Crippen molar-refractivity contribution in [3.8, 4) is 5.69 Å². The Morgan fingerprint density at radius 3 is 2.67 bits per heavy atom. The summed E-state index contributed by atoms with van der Waals surface area (Å²) < 4.78 is 1.95. The van der Waals surface area contributed by atoms with E-state index in [0.717, 1.165) is 29.6 Å². The van der Waals surface area contributed by atoms with Crippen LogP contribution in [0.4, 0.5) is 0 Å². The summed E-state index contributed by atoms with van der Waals surface area (Å²) >= 11 is 6.40. The van der Waals surface area contributed by atoms with Gasteiger partial charge < -0.3 is 9.88 Å². The minimum atomic E-state index is 0.472. The maximum atomic E-state index is 6.40. The molecule has 2 aromatic carbocycles. The smallest absolute Gasteiger partial charge is 0.123 e. The molecule has 33 heavy (non-hydrogen) atoms. The minimum Gasteiger partial charge on any atom is -0.361 e.